The first-order valence-electron chi connectivity index (χ1n) is 8.97. The second-order valence-electron chi connectivity index (χ2n) is 6.59. The Balaban J connectivity index is 1.48. The van der Waals surface area contributed by atoms with Crippen LogP contribution >= 0.6 is 0 Å². The number of rotatable bonds is 5. The number of carbonyl (C=O) groups is 2. The van der Waals surface area contributed by atoms with Crippen molar-refractivity contribution in [2.75, 3.05) is 0 Å². The minimum Gasteiger partial charge on any atom is -0.451 e. The molecule has 1 N–H and O–H groups in total. The Kier molecular flexibility index (Phi) is 4.53. The number of fused-ring (bicyclic) bond motifs is 1. The zero-order valence-electron chi connectivity index (χ0n) is 15.5. The molecule has 0 radical (unpaired) electrons. The summed E-state index contributed by atoms with van der Waals surface area (Å²) in [4.78, 5) is 28.2. The van der Waals surface area contributed by atoms with E-state index in [1.807, 2.05) is 37.3 Å². The summed E-state index contributed by atoms with van der Waals surface area (Å²) in [6.45, 7) is 3.54. The van der Waals surface area contributed by atoms with Crippen LogP contribution in [0.4, 0.5) is 0 Å². The summed E-state index contributed by atoms with van der Waals surface area (Å²) in [5, 5.41) is 5.05. The zero-order chi connectivity index (χ0) is 19.7. The minimum atomic E-state index is -0.889. The maximum Gasteiger partial charge on any atom is 0.338 e. The maximum absolute atomic E-state index is 12.7. The number of Topliss-reactive ketones (excluding diaryl/α,β-unsaturated/α-hetero) is 1. The highest BCUT2D eigenvalue weighted by Gasteiger charge is 2.22. The van der Waals surface area contributed by atoms with Gasteiger partial charge in [0.05, 0.1) is 11.3 Å². The number of hydrogen-bond acceptors (Lipinski definition) is 4. The molecule has 140 valence electrons. The first-order valence-corrected chi connectivity index (χ1v) is 8.97. The van der Waals surface area contributed by atoms with E-state index >= 15 is 0 Å². The van der Waals surface area contributed by atoms with Gasteiger partial charge in [-0.3, -0.25) is 4.79 Å². The van der Waals surface area contributed by atoms with E-state index in [2.05, 4.69) is 10.1 Å². The molecule has 2 aromatic carbocycles. The van der Waals surface area contributed by atoms with E-state index in [0.717, 1.165) is 22.3 Å². The Morgan fingerprint density at radius 2 is 1.82 bits per heavy atom. The average molecular weight is 373 g/mol. The molecule has 1 atom stereocenters. The van der Waals surface area contributed by atoms with Crippen molar-refractivity contribution in [3.63, 3.8) is 0 Å². The molecule has 28 heavy (non-hydrogen) atoms. The number of H-pyrrole nitrogens is 1. The summed E-state index contributed by atoms with van der Waals surface area (Å²) < 4.78 is 7.18. The van der Waals surface area contributed by atoms with Crippen molar-refractivity contribution in [3.8, 4) is 5.69 Å². The summed E-state index contributed by atoms with van der Waals surface area (Å²) >= 11 is 0. The summed E-state index contributed by atoms with van der Waals surface area (Å²) in [7, 11) is 0. The van der Waals surface area contributed by atoms with Crippen molar-refractivity contribution in [2.45, 2.75) is 20.0 Å². The van der Waals surface area contributed by atoms with Crippen molar-refractivity contribution in [3.05, 3.63) is 83.8 Å². The first-order chi connectivity index (χ1) is 13.5. The third-order valence-electron chi connectivity index (χ3n) is 4.69. The summed E-state index contributed by atoms with van der Waals surface area (Å²) in [6.07, 6.45) is 2.48. The second kappa shape index (κ2) is 7.15. The van der Waals surface area contributed by atoms with Crippen LogP contribution in [0.5, 0.6) is 0 Å². The van der Waals surface area contributed by atoms with Crippen LogP contribution in [0.2, 0.25) is 0 Å². The number of hydrogen-bond donors (Lipinski definition) is 1. The summed E-state index contributed by atoms with van der Waals surface area (Å²) in [6, 6.07) is 16.3. The van der Waals surface area contributed by atoms with Crippen LogP contribution in [0.25, 0.3) is 16.6 Å². The van der Waals surface area contributed by atoms with Gasteiger partial charge in [-0.1, -0.05) is 18.2 Å². The van der Waals surface area contributed by atoms with Crippen molar-refractivity contribution < 1.29 is 14.3 Å². The van der Waals surface area contributed by atoms with Gasteiger partial charge in [0.1, 0.15) is 0 Å². The van der Waals surface area contributed by atoms with Gasteiger partial charge in [-0.05, 0) is 50.2 Å². The molecular formula is C22H19N3O3. The molecule has 0 aliphatic carbocycles. The number of nitrogens with zero attached hydrogens (tertiary/aromatic N) is 2. The zero-order valence-corrected chi connectivity index (χ0v) is 15.5. The number of aromatic nitrogens is 3. The molecule has 4 rings (SSSR count). The topological polar surface area (TPSA) is 77.0 Å². The van der Waals surface area contributed by atoms with E-state index in [0.29, 0.717) is 11.1 Å². The highest BCUT2D eigenvalue weighted by atomic mass is 16.5. The van der Waals surface area contributed by atoms with Crippen LogP contribution in [-0.2, 0) is 4.74 Å². The van der Waals surface area contributed by atoms with Gasteiger partial charge in [0.15, 0.2) is 6.10 Å². The summed E-state index contributed by atoms with van der Waals surface area (Å²) in [5.41, 5.74) is 3.61. The molecule has 0 saturated heterocycles. The standard InChI is InChI=1S/C22H19N3O3/c1-14-11-12-24-25(14)17-9-7-16(8-10-17)22(27)28-15(2)21(26)19-13-23-20-6-4-3-5-18(19)20/h3-13,15,23H,1-2H3/t15-/m0/s1. The third-order valence-corrected chi connectivity index (χ3v) is 4.69. The number of nitrogens with one attached hydrogen (secondary N) is 1. The first kappa shape index (κ1) is 17.7. The van der Waals surface area contributed by atoms with E-state index in [9.17, 15) is 9.59 Å². The van der Waals surface area contributed by atoms with Crippen LogP contribution in [0.1, 0.15) is 33.3 Å². The molecule has 0 unspecified atom stereocenters. The number of ether oxygens (including phenoxy) is 1. The van der Waals surface area contributed by atoms with E-state index in [4.69, 9.17) is 4.74 Å². The highest BCUT2D eigenvalue weighted by Crippen LogP contribution is 2.20. The fourth-order valence-electron chi connectivity index (χ4n) is 3.16. The molecule has 0 saturated carbocycles. The predicted octanol–water partition coefficient (Wildman–Crippen LogP) is 4.09. The van der Waals surface area contributed by atoms with Gasteiger partial charge in [0, 0.05) is 34.6 Å². The molecule has 6 heteroatoms. The Morgan fingerprint density at radius 3 is 2.54 bits per heavy atom. The lowest BCUT2D eigenvalue weighted by atomic mass is 10.1. The average Bonchev–Trinajstić information content (AvgIpc) is 3.33. The van der Waals surface area contributed by atoms with Crippen LogP contribution in [-0.4, -0.2) is 32.6 Å². The van der Waals surface area contributed by atoms with Gasteiger partial charge >= 0.3 is 5.97 Å². The van der Waals surface area contributed by atoms with Gasteiger partial charge in [-0.2, -0.15) is 5.10 Å². The number of esters is 1. The largest absolute Gasteiger partial charge is 0.451 e. The number of aryl methyl sites for hydroxylation is 1. The molecule has 4 aromatic rings. The van der Waals surface area contributed by atoms with Crippen LogP contribution < -0.4 is 0 Å². The number of ketones is 1. The van der Waals surface area contributed by atoms with Crippen LogP contribution in [0, 0.1) is 6.92 Å². The monoisotopic (exact) mass is 373 g/mol. The Hall–Kier alpha value is -3.67. The van der Waals surface area contributed by atoms with Gasteiger partial charge in [-0.25, -0.2) is 9.48 Å². The maximum atomic E-state index is 12.7. The van der Waals surface area contributed by atoms with Gasteiger partial charge in [0.25, 0.3) is 0 Å². The predicted molar refractivity (Wildman–Crippen MR) is 106 cm³/mol. The fourth-order valence-corrected chi connectivity index (χ4v) is 3.16. The lowest BCUT2D eigenvalue weighted by Gasteiger charge is -2.12. The van der Waals surface area contributed by atoms with E-state index in [-0.39, 0.29) is 5.78 Å². The molecule has 0 aliphatic heterocycles. The molecule has 2 aromatic heterocycles. The van der Waals surface area contributed by atoms with Gasteiger partial charge in [-0.15, -0.1) is 0 Å². The van der Waals surface area contributed by atoms with Crippen molar-refractivity contribution in [1.82, 2.24) is 14.8 Å². The normalized spacial score (nSPS) is 12.1. The van der Waals surface area contributed by atoms with Crippen LogP contribution in [0.15, 0.2) is 67.0 Å². The Labute approximate surface area is 161 Å². The summed E-state index contributed by atoms with van der Waals surface area (Å²) in [5.74, 6) is -0.779. The molecule has 0 fully saturated rings. The molecule has 0 bridgehead atoms. The van der Waals surface area contributed by atoms with E-state index in [1.165, 1.54) is 0 Å². The van der Waals surface area contributed by atoms with Gasteiger partial charge < -0.3 is 9.72 Å². The third kappa shape index (κ3) is 3.20. The second-order valence-corrected chi connectivity index (χ2v) is 6.59. The lowest BCUT2D eigenvalue weighted by Crippen LogP contribution is -2.24. The molecule has 2 heterocycles. The van der Waals surface area contributed by atoms with E-state index in [1.54, 1.807) is 48.3 Å². The van der Waals surface area contributed by atoms with Crippen LogP contribution in [0.3, 0.4) is 0 Å². The SMILES string of the molecule is Cc1ccnn1-c1ccc(C(=O)O[C@@H](C)C(=O)c2c[nH]c3ccccc23)cc1. The molecular weight excluding hydrogens is 354 g/mol. The Morgan fingerprint density at radius 1 is 1.07 bits per heavy atom. The molecule has 0 amide bonds. The highest BCUT2D eigenvalue weighted by molar-refractivity contribution is 6.10. The quantitative estimate of drug-likeness (QED) is 0.422. The molecule has 0 spiro atoms. The van der Waals surface area contributed by atoms with Crippen molar-refractivity contribution in [1.29, 1.82) is 0 Å². The minimum absolute atomic E-state index is 0.241. The lowest BCUT2D eigenvalue weighted by molar-refractivity contribution is 0.0319. The smallest absolute Gasteiger partial charge is 0.338 e. The number of benzene rings is 2. The molecule has 0 aliphatic rings. The number of carbonyl (C=O) groups excluding carboxylic acids is 2. The van der Waals surface area contributed by atoms with Crippen molar-refractivity contribution >= 4 is 22.7 Å². The number of para-hydroxylation sites is 1. The number of aromatic amines is 1. The fraction of sp³-hybridized carbons (Fsp3) is 0.136. The van der Waals surface area contributed by atoms with E-state index < -0.39 is 12.1 Å². The van der Waals surface area contributed by atoms with Gasteiger partial charge in [0.2, 0.25) is 5.78 Å². The van der Waals surface area contributed by atoms with Crippen molar-refractivity contribution in [2.24, 2.45) is 0 Å². The Bertz CT molecular complexity index is 1160. The molecule has 6 nitrogen and oxygen atoms in total.